The topological polar surface area (TPSA) is 69.0 Å². The molecule has 1 heterocycles. The number of aromatic nitrogens is 3. The first-order chi connectivity index (χ1) is 11.3. The van der Waals surface area contributed by atoms with Crippen molar-refractivity contribution in [3.05, 3.63) is 72.3 Å². The highest BCUT2D eigenvalue weighted by molar-refractivity contribution is 5.94. The Morgan fingerprint density at radius 3 is 2.87 bits per heavy atom. The van der Waals surface area contributed by atoms with Crippen molar-refractivity contribution in [2.24, 2.45) is 0 Å². The molecule has 0 saturated heterocycles. The van der Waals surface area contributed by atoms with Gasteiger partial charge in [0.05, 0.1) is 5.69 Å². The second-order valence-corrected chi connectivity index (χ2v) is 4.91. The molecule has 0 unspecified atom stereocenters. The third-order valence-corrected chi connectivity index (χ3v) is 3.32. The summed E-state index contributed by atoms with van der Waals surface area (Å²) in [7, 11) is 1.61. The van der Waals surface area contributed by atoms with Crippen molar-refractivity contribution in [3.8, 4) is 11.4 Å². The lowest BCUT2D eigenvalue weighted by molar-refractivity contribution is 0.0963. The van der Waals surface area contributed by atoms with E-state index in [0.717, 1.165) is 17.0 Å². The van der Waals surface area contributed by atoms with Gasteiger partial charge in [0.25, 0.3) is 5.91 Å². The Morgan fingerprint density at radius 1 is 1.22 bits per heavy atom. The summed E-state index contributed by atoms with van der Waals surface area (Å²) in [5.41, 5.74) is 2.42. The lowest BCUT2D eigenvalue weighted by Crippen LogP contribution is -2.17. The van der Waals surface area contributed by atoms with Crippen molar-refractivity contribution < 1.29 is 9.53 Å². The van der Waals surface area contributed by atoms with E-state index in [0.29, 0.717) is 12.2 Å². The van der Waals surface area contributed by atoms with Crippen LogP contribution in [0.2, 0.25) is 0 Å². The Labute approximate surface area is 133 Å². The van der Waals surface area contributed by atoms with E-state index < -0.39 is 0 Å². The van der Waals surface area contributed by atoms with Gasteiger partial charge in [0.15, 0.2) is 0 Å². The molecule has 0 saturated carbocycles. The van der Waals surface area contributed by atoms with Gasteiger partial charge in [-0.3, -0.25) is 4.79 Å². The van der Waals surface area contributed by atoms with Crippen LogP contribution in [0.25, 0.3) is 5.69 Å². The number of rotatable bonds is 5. The average Bonchev–Trinajstić information content (AvgIpc) is 3.14. The number of ether oxygens (including phenoxy) is 1. The summed E-state index contributed by atoms with van der Waals surface area (Å²) in [6.45, 7) is 0.381. The number of amides is 1. The molecule has 6 nitrogen and oxygen atoms in total. The largest absolute Gasteiger partial charge is 0.489 e. The maximum absolute atomic E-state index is 11.6. The van der Waals surface area contributed by atoms with Gasteiger partial charge in [-0.25, -0.2) is 9.67 Å². The molecule has 0 bridgehead atoms. The number of benzene rings is 2. The van der Waals surface area contributed by atoms with E-state index in [1.807, 2.05) is 42.5 Å². The lowest BCUT2D eigenvalue weighted by atomic mass is 10.1. The molecule has 0 radical (unpaired) electrons. The number of hydrogen-bond donors (Lipinski definition) is 1. The Bertz CT molecular complexity index is 800. The van der Waals surface area contributed by atoms with Crippen LogP contribution >= 0.6 is 0 Å². The third-order valence-electron chi connectivity index (χ3n) is 3.32. The summed E-state index contributed by atoms with van der Waals surface area (Å²) in [6.07, 6.45) is 3.11. The molecule has 2 aromatic carbocycles. The molecule has 23 heavy (non-hydrogen) atoms. The highest BCUT2D eigenvalue weighted by Gasteiger charge is 2.05. The lowest BCUT2D eigenvalue weighted by Gasteiger charge is -2.09. The molecule has 0 aliphatic rings. The van der Waals surface area contributed by atoms with E-state index in [9.17, 15) is 4.79 Å². The second-order valence-electron chi connectivity index (χ2n) is 4.91. The molecule has 1 amide bonds. The Morgan fingerprint density at radius 2 is 2.09 bits per heavy atom. The number of carbonyl (C=O) groups excluding carboxylic acids is 1. The zero-order valence-electron chi connectivity index (χ0n) is 12.6. The van der Waals surface area contributed by atoms with Crippen molar-refractivity contribution in [2.45, 2.75) is 6.61 Å². The Balaban J connectivity index is 1.71. The predicted molar refractivity (Wildman–Crippen MR) is 85.5 cm³/mol. The molecule has 0 atom stereocenters. The van der Waals surface area contributed by atoms with E-state index in [1.54, 1.807) is 24.1 Å². The van der Waals surface area contributed by atoms with E-state index >= 15 is 0 Å². The molecular formula is C17H16N4O2. The molecule has 3 aromatic rings. The van der Waals surface area contributed by atoms with Gasteiger partial charge < -0.3 is 10.1 Å². The quantitative estimate of drug-likeness (QED) is 0.784. The molecule has 0 aliphatic heterocycles. The first-order valence-corrected chi connectivity index (χ1v) is 7.15. The number of nitrogens with zero attached hydrogens (tertiary/aromatic N) is 3. The fourth-order valence-corrected chi connectivity index (χ4v) is 2.17. The normalized spacial score (nSPS) is 10.3. The molecule has 0 aliphatic carbocycles. The maximum atomic E-state index is 11.6. The van der Waals surface area contributed by atoms with Crippen LogP contribution in [0.5, 0.6) is 5.75 Å². The Kier molecular flexibility index (Phi) is 4.33. The smallest absolute Gasteiger partial charge is 0.251 e. The maximum Gasteiger partial charge on any atom is 0.251 e. The Hall–Kier alpha value is -3.15. The summed E-state index contributed by atoms with van der Waals surface area (Å²) in [6, 6.07) is 14.9. The van der Waals surface area contributed by atoms with Crippen LogP contribution in [0, 0.1) is 0 Å². The van der Waals surface area contributed by atoms with Gasteiger partial charge in [0.1, 0.15) is 25.0 Å². The number of hydrogen-bond acceptors (Lipinski definition) is 4. The van der Waals surface area contributed by atoms with E-state index in [4.69, 9.17) is 4.74 Å². The van der Waals surface area contributed by atoms with Crippen molar-refractivity contribution in [3.63, 3.8) is 0 Å². The third kappa shape index (κ3) is 3.55. The molecule has 6 heteroatoms. The van der Waals surface area contributed by atoms with Crippen molar-refractivity contribution >= 4 is 5.91 Å². The van der Waals surface area contributed by atoms with Crippen LogP contribution in [0.1, 0.15) is 15.9 Å². The van der Waals surface area contributed by atoms with E-state index in [1.165, 1.54) is 6.33 Å². The van der Waals surface area contributed by atoms with Crippen LogP contribution < -0.4 is 10.1 Å². The van der Waals surface area contributed by atoms with Gasteiger partial charge >= 0.3 is 0 Å². The molecular weight excluding hydrogens is 292 g/mol. The first kappa shape index (κ1) is 14.8. The summed E-state index contributed by atoms with van der Waals surface area (Å²) in [5, 5.41) is 6.70. The molecule has 116 valence electrons. The van der Waals surface area contributed by atoms with Gasteiger partial charge in [-0.15, -0.1) is 0 Å². The van der Waals surface area contributed by atoms with Crippen molar-refractivity contribution in [2.75, 3.05) is 7.05 Å². The van der Waals surface area contributed by atoms with Crippen LogP contribution in [-0.4, -0.2) is 27.7 Å². The minimum absolute atomic E-state index is 0.111. The van der Waals surface area contributed by atoms with Crippen LogP contribution in [0.15, 0.2) is 61.2 Å². The zero-order chi connectivity index (χ0) is 16.1. The number of nitrogens with one attached hydrogen (secondary N) is 1. The van der Waals surface area contributed by atoms with Gasteiger partial charge in [0, 0.05) is 18.7 Å². The molecule has 1 aromatic heterocycles. The molecule has 0 spiro atoms. The van der Waals surface area contributed by atoms with Crippen LogP contribution in [0.4, 0.5) is 0 Å². The van der Waals surface area contributed by atoms with Crippen LogP contribution in [-0.2, 0) is 6.61 Å². The highest BCUT2D eigenvalue weighted by atomic mass is 16.5. The highest BCUT2D eigenvalue weighted by Crippen LogP contribution is 2.17. The minimum atomic E-state index is -0.111. The van der Waals surface area contributed by atoms with Crippen LogP contribution in [0.3, 0.4) is 0 Å². The van der Waals surface area contributed by atoms with E-state index in [2.05, 4.69) is 15.4 Å². The van der Waals surface area contributed by atoms with Crippen molar-refractivity contribution in [1.82, 2.24) is 20.1 Å². The monoisotopic (exact) mass is 308 g/mol. The van der Waals surface area contributed by atoms with Gasteiger partial charge in [-0.05, 0) is 29.8 Å². The fourth-order valence-electron chi connectivity index (χ4n) is 2.17. The standard InChI is InChI=1S/C17H16N4O2/c1-18-17(22)14-5-2-4-13(8-14)10-23-16-7-3-6-15(9-16)21-12-19-11-20-21/h2-9,11-12H,10H2,1H3,(H,18,22). The average molecular weight is 308 g/mol. The summed E-state index contributed by atoms with van der Waals surface area (Å²) >= 11 is 0. The number of carbonyl (C=O) groups is 1. The zero-order valence-corrected chi connectivity index (χ0v) is 12.6. The summed E-state index contributed by atoms with van der Waals surface area (Å²) < 4.78 is 7.47. The SMILES string of the molecule is CNC(=O)c1cccc(COc2cccc(-n3cncn3)c2)c1. The van der Waals surface area contributed by atoms with E-state index in [-0.39, 0.29) is 5.91 Å². The summed E-state index contributed by atoms with van der Waals surface area (Å²) in [5.74, 6) is 0.614. The van der Waals surface area contributed by atoms with Gasteiger partial charge in [-0.2, -0.15) is 5.10 Å². The second kappa shape index (κ2) is 6.74. The molecule has 0 fully saturated rings. The van der Waals surface area contributed by atoms with Gasteiger partial charge in [0.2, 0.25) is 0 Å². The van der Waals surface area contributed by atoms with Gasteiger partial charge in [-0.1, -0.05) is 18.2 Å². The molecule has 3 rings (SSSR count). The predicted octanol–water partition coefficient (Wildman–Crippen LogP) is 2.21. The minimum Gasteiger partial charge on any atom is -0.489 e. The first-order valence-electron chi connectivity index (χ1n) is 7.15. The van der Waals surface area contributed by atoms with Crippen molar-refractivity contribution in [1.29, 1.82) is 0 Å². The summed E-state index contributed by atoms with van der Waals surface area (Å²) in [4.78, 5) is 15.6. The fraction of sp³-hybridized carbons (Fsp3) is 0.118. The molecule has 1 N–H and O–H groups in total.